The zero-order chi connectivity index (χ0) is 21.0. The molecule has 1 amide bonds. The molecule has 3 rings (SSSR count). The van der Waals surface area contributed by atoms with E-state index in [1.807, 2.05) is 31.4 Å². The number of hydrogen-bond donors (Lipinski definition) is 1. The number of nitrogens with one attached hydrogen (secondary N) is 1. The molecule has 2 heterocycles. The van der Waals surface area contributed by atoms with Gasteiger partial charge in [0.25, 0.3) is 0 Å². The Bertz CT molecular complexity index is 1010. The van der Waals surface area contributed by atoms with Crippen LogP contribution in [0.5, 0.6) is 0 Å². The van der Waals surface area contributed by atoms with Crippen LogP contribution in [0.2, 0.25) is 5.02 Å². The van der Waals surface area contributed by atoms with Crippen LogP contribution in [-0.4, -0.2) is 27.6 Å². The fourth-order valence-corrected chi connectivity index (χ4v) is 5.71. The van der Waals surface area contributed by atoms with Crippen molar-refractivity contribution < 1.29 is 4.79 Å². The molecule has 10 heteroatoms. The average molecular weight is 466 g/mol. The monoisotopic (exact) mass is 465 g/mol. The third-order valence-electron chi connectivity index (χ3n) is 3.82. The van der Waals surface area contributed by atoms with Crippen LogP contribution in [0.25, 0.3) is 0 Å². The van der Waals surface area contributed by atoms with Crippen LogP contribution in [-0.2, 0) is 10.5 Å². The van der Waals surface area contributed by atoms with Gasteiger partial charge in [-0.25, -0.2) is 4.98 Å². The maximum atomic E-state index is 12.4. The van der Waals surface area contributed by atoms with E-state index in [9.17, 15) is 4.79 Å². The molecule has 0 aliphatic carbocycles. The minimum absolute atomic E-state index is 0.130. The fraction of sp³-hybridized carbons (Fsp3) is 0.263. The second kappa shape index (κ2) is 9.71. The molecule has 0 atom stereocenters. The predicted octanol–water partition coefficient (Wildman–Crippen LogP) is 5.84. The maximum absolute atomic E-state index is 12.4. The van der Waals surface area contributed by atoms with Gasteiger partial charge in [0.05, 0.1) is 16.4 Å². The van der Waals surface area contributed by atoms with E-state index in [0.29, 0.717) is 28.1 Å². The van der Waals surface area contributed by atoms with Gasteiger partial charge in [0.1, 0.15) is 0 Å². The summed E-state index contributed by atoms with van der Waals surface area (Å²) in [5, 5.41) is 15.2. The van der Waals surface area contributed by atoms with Gasteiger partial charge in [0, 0.05) is 24.6 Å². The molecule has 0 radical (unpaired) electrons. The van der Waals surface area contributed by atoms with Gasteiger partial charge in [0.2, 0.25) is 11.0 Å². The number of thiazole rings is 1. The number of anilines is 3. The van der Waals surface area contributed by atoms with E-state index in [-0.39, 0.29) is 5.91 Å². The highest BCUT2D eigenvalue weighted by Crippen LogP contribution is 2.38. The van der Waals surface area contributed by atoms with Crippen LogP contribution in [0.1, 0.15) is 23.7 Å². The SMILES string of the molecule is C=CCNc1nnc(SCc2csc(N(C(C)=O)c3c(C)cc(C)cc3Cl)n2)s1. The number of thioether (sulfide) groups is 1. The van der Waals surface area contributed by atoms with Crippen molar-refractivity contribution in [1.29, 1.82) is 0 Å². The smallest absolute Gasteiger partial charge is 0.230 e. The molecule has 6 nitrogen and oxygen atoms in total. The summed E-state index contributed by atoms with van der Waals surface area (Å²) in [6, 6.07) is 3.87. The number of halogens is 1. The maximum Gasteiger partial charge on any atom is 0.230 e. The van der Waals surface area contributed by atoms with E-state index >= 15 is 0 Å². The van der Waals surface area contributed by atoms with E-state index in [4.69, 9.17) is 11.6 Å². The van der Waals surface area contributed by atoms with Crippen LogP contribution in [0, 0.1) is 13.8 Å². The van der Waals surface area contributed by atoms with Crippen molar-refractivity contribution in [3.63, 3.8) is 0 Å². The number of carbonyl (C=O) groups excluding carboxylic acids is 1. The Morgan fingerprint density at radius 1 is 1.38 bits per heavy atom. The lowest BCUT2D eigenvalue weighted by atomic mass is 10.1. The molecular formula is C19H20ClN5OS3. The minimum Gasteiger partial charge on any atom is -0.357 e. The van der Waals surface area contributed by atoms with Gasteiger partial charge in [-0.3, -0.25) is 9.69 Å². The number of benzene rings is 1. The number of rotatable bonds is 8. The van der Waals surface area contributed by atoms with Crippen molar-refractivity contribution in [1.82, 2.24) is 15.2 Å². The summed E-state index contributed by atoms with van der Waals surface area (Å²) >= 11 is 10.9. The number of carbonyl (C=O) groups is 1. The van der Waals surface area contributed by atoms with Crippen LogP contribution < -0.4 is 10.2 Å². The third-order valence-corrected chi connectivity index (χ3v) is 7.03. The summed E-state index contributed by atoms with van der Waals surface area (Å²) in [6.07, 6.45) is 1.77. The van der Waals surface area contributed by atoms with Crippen LogP contribution in [0.4, 0.5) is 16.0 Å². The first kappa shape index (κ1) is 21.8. The van der Waals surface area contributed by atoms with E-state index in [1.165, 1.54) is 29.6 Å². The van der Waals surface area contributed by atoms with Crippen molar-refractivity contribution in [2.75, 3.05) is 16.8 Å². The first-order chi connectivity index (χ1) is 13.9. The Morgan fingerprint density at radius 3 is 2.86 bits per heavy atom. The zero-order valence-electron chi connectivity index (χ0n) is 16.2. The van der Waals surface area contributed by atoms with Gasteiger partial charge in [-0.05, 0) is 31.0 Å². The third kappa shape index (κ3) is 5.36. The normalized spacial score (nSPS) is 10.8. The number of nitrogens with zero attached hydrogens (tertiary/aromatic N) is 4. The van der Waals surface area contributed by atoms with Gasteiger partial charge in [-0.2, -0.15) is 0 Å². The van der Waals surface area contributed by atoms with Gasteiger partial charge in [-0.15, -0.1) is 28.1 Å². The van der Waals surface area contributed by atoms with Crippen molar-refractivity contribution in [3.05, 3.63) is 52.0 Å². The largest absolute Gasteiger partial charge is 0.357 e. The van der Waals surface area contributed by atoms with Gasteiger partial charge in [-0.1, -0.05) is 46.8 Å². The summed E-state index contributed by atoms with van der Waals surface area (Å²) in [7, 11) is 0. The fourth-order valence-electron chi connectivity index (χ4n) is 2.68. The van der Waals surface area contributed by atoms with Crippen LogP contribution in [0.15, 0.2) is 34.5 Å². The Kier molecular flexibility index (Phi) is 7.28. The lowest BCUT2D eigenvalue weighted by molar-refractivity contribution is -0.115. The van der Waals surface area contributed by atoms with E-state index in [2.05, 4.69) is 27.1 Å². The molecule has 2 aromatic heterocycles. The Labute approximate surface area is 187 Å². The second-order valence-electron chi connectivity index (χ2n) is 6.22. The topological polar surface area (TPSA) is 71.0 Å². The summed E-state index contributed by atoms with van der Waals surface area (Å²) < 4.78 is 0.854. The molecule has 3 aromatic rings. The summed E-state index contributed by atoms with van der Waals surface area (Å²) in [6.45, 7) is 9.76. The standard InChI is InChI=1S/C19H20ClN5OS3/c1-5-6-21-17-23-24-19(29-17)28-10-14-9-27-18(22-14)25(13(4)26)16-12(3)7-11(2)8-15(16)20/h5,7-9H,1,6,10H2,2-4H3,(H,21,23). The highest BCUT2D eigenvalue weighted by atomic mass is 35.5. The highest BCUT2D eigenvalue weighted by molar-refractivity contribution is 8.00. The average Bonchev–Trinajstić information content (AvgIpc) is 3.30. The highest BCUT2D eigenvalue weighted by Gasteiger charge is 2.22. The number of aromatic nitrogens is 3. The first-order valence-corrected chi connectivity index (χ1v) is 11.8. The molecule has 0 fully saturated rings. The summed E-state index contributed by atoms with van der Waals surface area (Å²) in [5.41, 5.74) is 3.54. The van der Waals surface area contributed by atoms with Gasteiger partial charge >= 0.3 is 0 Å². The molecular weight excluding hydrogens is 446 g/mol. The van der Waals surface area contributed by atoms with Gasteiger partial charge < -0.3 is 5.32 Å². The molecule has 1 aromatic carbocycles. The molecule has 1 N–H and O–H groups in total. The van der Waals surface area contributed by atoms with Gasteiger partial charge in [0.15, 0.2) is 9.47 Å². The number of amides is 1. The molecule has 0 bridgehead atoms. The van der Waals surface area contributed by atoms with Crippen LogP contribution >= 0.6 is 46.0 Å². The minimum atomic E-state index is -0.130. The summed E-state index contributed by atoms with van der Waals surface area (Å²) in [4.78, 5) is 18.6. The lowest BCUT2D eigenvalue weighted by Crippen LogP contribution is -2.24. The molecule has 0 saturated carbocycles. The lowest BCUT2D eigenvalue weighted by Gasteiger charge is -2.22. The second-order valence-corrected chi connectivity index (χ2v) is 9.66. The predicted molar refractivity (Wildman–Crippen MR) is 124 cm³/mol. The molecule has 0 unspecified atom stereocenters. The van der Waals surface area contributed by atoms with E-state index in [1.54, 1.807) is 22.7 Å². The molecule has 0 aliphatic rings. The Balaban J connectivity index is 1.76. The molecule has 0 spiro atoms. The van der Waals surface area contributed by atoms with Crippen molar-refractivity contribution in [3.8, 4) is 0 Å². The number of aryl methyl sites for hydroxylation is 2. The van der Waals surface area contributed by atoms with Crippen molar-refractivity contribution in [2.45, 2.75) is 30.9 Å². The zero-order valence-corrected chi connectivity index (χ0v) is 19.4. The molecule has 0 aliphatic heterocycles. The molecule has 29 heavy (non-hydrogen) atoms. The van der Waals surface area contributed by atoms with Crippen molar-refractivity contribution in [2.24, 2.45) is 0 Å². The van der Waals surface area contributed by atoms with E-state index < -0.39 is 0 Å². The first-order valence-electron chi connectivity index (χ1n) is 8.72. The molecule has 0 saturated heterocycles. The van der Waals surface area contributed by atoms with E-state index in [0.717, 1.165) is 26.3 Å². The Morgan fingerprint density at radius 2 is 2.17 bits per heavy atom. The molecule has 152 valence electrons. The quantitative estimate of drug-likeness (QED) is 0.333. The van der Waals surface area contributed by atoms with Crippen molar-refractivity contribution >= 4 is 67.9 Å². The summed E-state index contributed by atoms with van der Waals surface area (Å²) in [5.74, 6) is 0.508. The number of hydrogen-bond acceptors (Lipinski definition) is 8. The Hall–Kier alpha value is -1.94. The van der Waals surface area contributed by atoms with Crippen LogP contribution in [0.3, 0.4) is 0 Å².